The molecule has 1 atom stereocenters. The second kappa shape index (κ2) is 8.72. The van der Waals surface area contributed by atoms with E-state index in [4.69, 9.17) is 4.74 Å². The monoisotopic (exact) mass is 404 g/mol. The van der Waals surface area contributed by atoms with Gasteiger partial charge in [-0.15, -0.1) is 0 Å². The first-order chi connectivity index (χ1) is 13.5. The van der Waals surface area contributed by atoms with E-state index in [-0.39, 0.29) is 30.0 Å². The molecule has 0 radical (unpaired) electrons. The van der Waals surface area contributed by atoms with Gasteiger partial charge in [0.25, 0.3) is 0 Å². The summed E-state index contributed by atoms with van der Waals surface area (Å²) < 4.78 is 6.49. The van der Waals surface area contributed by atoms with E-state index in [2.05, 4.69) is 10.4 Å². The molecule has 0 aliphatic heterocycles. The molecule has 1 amide bonds. The largest absolute Gasteiger partial charge is 0.480 e. The Kier molecular flexibility index (Phi) is 6.57. The van der Waals surface area contributed by atoms with Gasteiger partial charge in [-0.25, -0.2) is 9.59 Å². The van der Waals surface area contributed by atoms with Crippen LogP contribution in [0.25, 0.3) is 0 Å². The number of carboxylic acid groups (broad SMARTS) is 1. The van der Waals surface area contributed by atoms with Crippen LogP contribution in [0.15, 0.2) is 30.3 Å². The normalized spacial score (nSPS) is 12.3. The first-order valence-electron chi connectivity index (χ1n) is 8.95. The number of carbonyl (C=O) groups is 2. The van der Waals surface area contributed by atoms with Crippen molar-refractivity contribution in [2.24, 2.45) is 0 Å². The van der Waals surface area contributed by atoms with Gasteiger partial charge in [-0.05, 0) is 33.3 Å². The van der Waals surface area contributed by atoms with Crippen molar-refractivity contribution in [2.75, 3.05) is 0 Å². The number of nitrogens with zero attached hydrogens (tertiary/aromatic N) is 3. The number of aliphatic carboxylic acids is 1. The van der Waals surface area contributed by atoms with Gasteiger partial charge in [0.05, 0.1) is 11.5 Å². The highest BCUT2D eigenvalue weighted by Crippen LogP contribution is 2.25. The van der Waals surface area contributed by atoms with Gasteiger partial charge in [-0.3, -0.25) is 14.8 Å². The molecule has 0 saturated carbocycles. The molecule has 29 heavy (non-hydrogen) atoms. The van der Waals surface area contributed by atoms with Gasteiger partial charge in [-0.1, -0.05) is 30.3 Å². The van der Waals surface area contributed by atoms with Crippen molar-refractivity contribution >= 4 is 17.7 Å². The molecule has 0 aliphatic carbocycles. The van der Waals surface area contributed by atoms with Gasteiger partial charge in [0.15, 0.2) is 0 Å². The Morgan fingerprint density at radius 1 is 1.31 bits per heavy atom. The highest BCUT2D eigenvalue weighted by molar-refractivity contribution is 5.80. The maximum Gasteiger partial charge on any atom is 0.408 e. The molecule has 2 aromatic rings. The van der Waals surface area contributed by atoms with Gasteiger partial charge in [0, 0.05) is 6.42 Å². The van der Waals surface area contributed by atoms with E-state index in [0.29, 0.717) is 0 Å². The summed E-state index contributed by atoms with van der Waals surface area (Å²) in [5.41, 5.74) is 0.0450. The molecule has 0 unspecified atom stereocenters. The minimum atomic E-state index is -1.42. The third-order valence-electron chi connectivity index (χ3n) is 3.94. The summed E-state index contributed by atoms with van der Waals surface area (Å²) in [6.45, 7) is 6.65. The van der Waals surface area contributed by atoms with Crippen LogP contribution in [0, 0.1) is 17.0 Å². The van der Waals surface area contributed by atoms with Crippen LogP contribution in [0.3, 0.4) is 0 Å². The number of benzene rings is 1. The maximum absolute atomic E-state index is 12.0. The Hall–Kier alpha value is -3.43. The molecule has 10 heteroatoms. The fourth-order valence-corrected chi connectivity index (χ4v) is 2.79. The van der Waals surface area contributed by atoms with Gasteiger partial charge in [0.2, 0.25) is 0 Å². The summed E-state index contributed by atoms with van der Waals surface area (Å²) >= 11 is 0. The average molecular weight is 404 g/mol. The second-order valence-corrected chi connectivity index (χ2v) is 7.52. The van der Waals surface area contributed by atoms with Crippen LogP contribution in [0.1, 0.15) is 37.7 Å². The minimum absolute atomic E-state index is 0.111. The lowest BCUT2D eigenvalue weighted by atomic mass is 10.1. The Morgan fingerprint density at radius 2 is 1.93 bits per heavy atom. The first-order valence-corrected chi connectivity index (χ1v) is 8.95. The summed E-state index contributed by atoms with van der Waals surface area (Å²) in [6.07, 6.45) is -1.24. The molecular formula is C19H24N4O6. The van der Waals surface area contributed by atoms with Crippen LogP contribution in [0.5, 0.6) is 0 Å². The van der Waals surface area contributed by atoms with Crippen LogP contribution < -0.4 is 5.32 Å². The molecule has 156 valence electrons. The second-order valence-electron chi connectivity index (χ2n) is 7.52. The van der Waals surface area contributed by atoms with Gasteiger partial charge in [0.1, 0.15) is 23.0 Å². The Balaban J connectivity index is 2.35. The van der Waals surface area contributed by atoms with Crippen molar-refractivity contribution in [1.29, 1.82) is 0 Å². The van der Waals surface area contributed by atoms with Crippen LogP contribution in [0.4, 0.5) is 10.5 Å². The van der Waals surface area contributed by atoms with Crippen molar-refractivity contribution in [3.8, 4) is 0 Å². The number of hydrogen-bond donors (Lipinski definition) is 2. The molecule has 0 saturated heterocycles. The molecule has 2 N–H and O–H groups in total. The number of rotatable bonds is 7. The summed E-state index contributed by atoms with van der Waals surface area (Å²) in [6, 6.07) is 7.73. The molecule has 1 heterocycles. The third-order valence-corrected chi connectivity index (χ3v) is 3.94. The van der Waals surface area contributed by atoms with E-state index in [9.17, 15) is 24.8 Å². The molecular weight excluding hydrogens is 380 g/mol. The van der Waals surface area contributed by atoms with E-state index in [1.165, 1.54) is 11.6 Å². The zero-order valence-electron chi connectivity index (χ0n) is 16.7. The summed E-state index contributed by atoms with van der Waals surface area (Å²) in [5.74, 6) is -1.34. The minimum Gasteiger partial charge on any atom is -0.480 e. The predicted molar refractivity (Wildman–Crippen MR) is 104 cm³/mol. The van der Waals surface area contributed by atoms with Gasteiger partial charge >= 0.3 is 17.7 Å². The number of nitro groups is 1. The van der Waals surface area contributed by atoms with Crippen molar-refractivity contribution in [2.45, 2.75) is 52.3 Å². The number of amides is 1. The molecule has 0 bridgehead atoms. The van der Waals surface area contributed by atoms with E-state index < -0.39 is 28.6 Å². The predicted octanol–water partition coefficient (Wildman–Crippen LogP) is 2.67. The molecule has 1 aromatic heterocycles. The molecule has 10 nitrogen and oxygen atoms in total. The van der Waals surface area contributed by atoms with Crippen LogP contribution in [0.2, 0.25) is 0 Å². The van der Waals surface area contributed by atoms with E-state index >= 15 is 0 Å². The van der Waals surface area contributed by atoms with Crippen LogP contribution in [-0.4, -0.2) is 43.5 Å². The summed E-state index contributed by atoms with van der Waals surface area (Å²) in [5, 5.41) is 27.6. The maximum atomic E-state index is 12.0. The number of ether oxygens (including phenoxy) is 1. The average Bonchev–Trinajstić information content (AvgIpc) is 2.88. The number of hydrogen-bond acceptors (Lipinski definition) is 6. The Bertz CT molecular complexity index is 901. The van der Waals surface area contributed by atoms with Crippen LogP contribution >= 0.6 is 0 Å². The van der Waals surface area contributed by atoms with Crippen molar-refractivity contribution in [3.05, 3.63) is 57.4 Å². The number of carbonyl (C=O) groups excluding carboxylic acids is 1. The smallest absolute Gasteiger partial charge is 0.408 e. The third kappa shape index (κ3) is 6.03. The molecule has 2 rings (SSSR count). The number of nitrogens with one attached hydrogen (secondary N) is 1. The number of aromatic nitrogens is 2. The number of alkyl carbamates (subject to hydrolysis) is 1. The summed E-state index contributed by atoms with van der Waals surface area (Å²) in [7, 11) is 0. The fraction of sp³-hybridized carbons (Fsp3) is 0.421. The van der Waals surface area contributed by atoms with Gasteiger partial charge in [-0.2, -0.15) is 5.10 Å². The van der Waals surface area contributed by atoms with Crippen LogP contribution in [-0.2, 0) is 22.5 Å². The zero-order valence-corrected chi connectivity index (χ0v) is 16.7. The quantitative estimate of drug-likeness (QED) is 0.534. The van der Waals surface area contributed by atoms with Crippen molar-refractivity contribution < 1.29 is 24.4 Å². The molecule has 0 spiro atoms. The lowest BCUT2D eigenvalue weighted by Gasteiger charge is -2.22. The van der Waals surface area contributed by atoms with E-state index in [1.54, 1.807) is 20.8 Å². The number of carboxylic acids is 1. The molecule has 1 aromatic carbocycles. The Labute approximate surface area is 167 Å². The van der Waals surface area contributed by atoms with E-state index in [1.807, 2.05) is 30.3 Å². The van der Waals surface area contributed by atoms with E-state index in [0.717, 1.165) is 5.56 Å². The zero-order chi connectivity index (χ0) is 21.8. The Morgan fingerprint density at radius 3 is 2.45 bits per heavy atom. The molecule has 0 aliphatic rings. The molecule has 0 fully saturated rings. The first kappa shape index (κ1) is 21.9. The topological polar surface area (TPSA) is 137 Å². The summed E-state index contributed by atoms with van der Waals surface area (Å²) in [4.78, 5) is 34.7. The fourth-order valence-electron chi connectivity index (χ4n) is 2.79. The lowest BCUT2D eigenvalue weighted by Crippen LogP contribution is -2.45. The standard InChI is InChI=1S/C19H24N4O6/c1-12-16(23(27)28)15(22(21-12)11-13-8-6-5-7-9-13)10-14(17(24)25)20-18(26)29-19(2,3)4/h5-9,14H,10-11H2,1-4H3,(H,20,26)(H,24,25)/t14-/m0/s1. The highest BCUT2D eigenvalue weighted by atomic mass is 16.6. The van der Waals surface area contributed by atoms with Gasteiger partial charge < -0.3 is 15.2 Å². The number of aryl methyl sites for hydroxylation is 1. The SMILES string of the molecule is Cc1nn(Cc2ccccc2)c(C[C@H](NC(=O)OC(C)(C)C)C(=O)O)c1[N+](=O)[O-]. The van der Waals surface area contributed by atoms with Crippen molar-refractivity contribution in [3.63, 3.8) is 0 Å². The van der Waals surface area contributed by atoms with Crippen molar-refractivity contribution in [1.82, 2.24) is 15.1 Å². The highest BCUT2D eigenvalue weighted by Gasteiger charge is 2.32. The lowest BCUT2D eigenvalue weighted by molar-refractivity contribution is -0.386.